The largest absolute Gasteiger partial charge is 0.478 e. The van der Waals surface area contributed by atoms with Crippen molar-refractivity contribution in [2.45, 2.75) is 13.5 Å². The lowest BCUT2D eigenvalue weighted by atomic mass is 10.2. The van der Waals surface area contributed by atoms with Gasteiger partial charge in [-0.1, -0.05) is 43.3 Å². The molecule has 0 aliphatic heterocycles. The second-order valence-corrected chi connectivity index (χ2v) is 3.55. The zero-order valence-electron chi connectivity index (χ0n) is 9.47. The fourth-order valence-electron chi connectivity index (χ4n) is 1.45. The first-order valence-corrected chi connectivity index (χ1v) is 5.38. The van der Waals surface area contributed by atoms with Crippen LogP contribution in [0, 0.1) is 0 Å². The third-order valence-electron chi connectivity index (χ3n) is 2.32. The van der Waals surface area contributed by atoms with Gasteiger partial charge >= 0.3 is 5.97 Å². The molecule has 1 aromatic carbocycles. The lowest BCUT2D eigenvalue weighted by Gasteiger charge is -2.18. The Kier molecular flexibility index (Phi) is 5.29. The number of carboxylic acid groups (broad SMARTS) is 1. The van der Waals surface area contributed by atoms with Crippen LogP contribution in [-0.2, 0) is 11.3 Å². The molecule has 1 N–H and O–H groups in total. The fraction of sp³-hybridized carbons (Fsp3) is 0.308. The third kappa shape index (κ3) is 4.75. The smallest absolute Gasteiger partial charge is 0.328 e. The van der Waals surface area contributed by atoms with Crippen molar-refractivity contribution in [2.75, 3.05) is 13.1 Å². The van der Waals surface area contributed by atoms with Gasteiger partial charge in [-0.15, -0.1) is 0 Å². The number of likely N-dealkylation sites (N-methyl/N-ethyl adjacent to an activating group) is 1. The van der Waals surface area contributed by atoms with Gasteiger partial charge in [-0.05, 0) is 12.1 Å². The topological polar surface area (TPSA) is 40.5 Å². The number of hydrogen-bond donors (Lipinski definition) is 1. The van der Waals surface area contributed by atoms with Crippen molar-refractivity contribution in [3.63, 3.8) is 0 Å². The monoisotopic (exact) mass is 219 g/mol. The van der Waals surface area contributed by atoms with Crippen molar-refractivity contribution >= 4 is 5.97 Å². The van der Waals surface area contributed by atoms with E-state index in [-0.39, 0.29) is 0 Å². The minimum atomic E-state index is -0.893. The maximum absolute atomic E-state index is 10.3. The molecule has 1 aromatic rings. The summed E-state index contributed by atoms with van der Waals surface area (Å²) in [5.41, 5.74) is 1.24. The summed E-state index contributed by atoms with van der Waals surface area (Å²) < 4.78 is 0. The van der Waals surface area contributed by atoms with Crippen molar-refractivity contribution < 1.29 is 9.90 Å². The highest BCUT2D eigenvalue weighted by molar-refractivity contribution is 5.79. The zero-order chi connectivity index (χ0) is 11.8. The number of benzene rings is 1. The molecule has 0 saturated carbocycles. The Hall–Kier alpha value is -1.61. The molecule has 0 aliphatic rings. The molecule has 16 heavy (non-hydrogen) atoms. The lowest BCUT2D eigenvalue weighted by molar-refractivity contribution is -0.131. The Morgan fingerprint density at radius 1 is 1.38 bits per heavy atom. The first-order chi connectivity index (χ1) is 7.72. The molecule has 0 aromatic heterocycles. The summed E-state index contributed by atoms with van der Waals surface area (Å²) in [5, 5.41) is 8.48. The van der Waals surface area contributed by atoms with Gasteiger partial charge in [0.15, 0.2) is 0 Å². The Labute approximate surface area is 96.0 Å². The van der Waals surface area contributed by atoms with Crippen molar-refractivity contribution in [1.82, 2.24) is 4.90 Å². The highest BCUT2D eigenvalue weighted by Crippen LogP contribution is 2.03. The molecule has 1 rings (SSSR count). The summed E-state index contributed by atoms with van der Waals surface area (Å²) in [6.07, 6.45) is 2.86. The molecule has 0 radical (unpaired) electrons. The molecular formula is C13H17NO2. The third-order valence-corrected chi connectivity index (χ3v) is 2.32. The molecular weight excluding hydrogens is 202 g/mol. The Morgan fingerprint density at radius 3 is 2.62 bits per heavy atom. The maximum Gasteiger partial charge on any atom is 0.328 e. The first-order valence-electron chi connectivity index (χ1n) is 5.38. The van der Waals surface area contributed by atoms with Crippen LogP contribution in [-0.4, -0.2) is 29.1 Å². The highest BCUT2D eigenvalue weighted by atomic mass is 16.4. The van der Waals surface area contributed by atoms with Crippen LogP contribution >= 0.6 is 0 Å². The van der Waals surface area contributed by atoms with Gasteiger partial charge in [0.25, 0.3) is 0 Å². The van der Waals surface area contributed by atoms with E-state index in [1.165, 1.54) is 11.6 Å². The predicted octanol–water partition coefficient (Wildman–Crippen LogP) is 2.15. The van der Waals surface area contributed by atoms with E-state index in [4.69, 9.17) is 5.11 Å². The minimum Gasteiger partial charge on any atom is -0.478 e. The summed E-state index contributed by atoms with van der Waals surface area (Å²) in [5.74, 6) is -0.893. The summed E-state index contributed by atoms with van der Waals surface area (Å²) in [6, 6.07) is 10.2. The molecule has 3 heteroatoms. The number of aliphatic carboxylic acids is 1. The molecule has 0 atom stereocenters. The van der Waals surface area contributed by atoms with Gasteiger partial charge in [0, 0.05) is 19.2 Å². The Balaban J connectivity index is 2.46. The predicted molar refractivity (Wildman–Crippen MR) is 64.2 cm³/mol. The van der Waals surface area contributed by atoms with Crippen LogP contribution in [0.4, 0.5) is 0 Å². The zero-order valence-corrected chi connectivity index (χ0v) is 9.47. The molecule has 0 spiro atoms. The second-order valence-electron chi connectivity index (χ2n) is 3.55. The van der Waals surface area contributed by atoms with E-state index in [1.54, 1.807) is 6.08 Å². The molecule has 0 unspecified atom stereocenters. The Morgan fingerprint density at radius 2 is 2.06 bits per heavy atom. The van der Waals surface area contributed by atoms with Crippen molar-refractivity contribution in [3.8, 4) is 0 Å². The van der Waals surface area contributed by atoms with Crippen LogP contribution in [0.3, 0.4) is 0 Å². The molecule has 3 nitrogen and oxygen atoms in total. The van der Waals surface area contributed by atoms with Gasteiger partial charge in [-0.25, -0.2) is 4.79 Å². The van der Waals surface area contributed by atoms with Gasteiger partial charge in [-0.2, -0.15) is 0 Å². The second kappa shape index (κ2) is 6.80. The van der Waals surface area contributed by atoms with Crippen LogP contribution in [0.5, 0.6) is 0 Å². The van der Waals surface area contributed by atoms with Gasteiger partial charge in [0.1, 0.15) is 0 Å². The molecule has 86 valence electrons. The highest BCUT2D eigenvalue weighted by Gasteiger charge is 2.00. The lowest BCUT2D eigenvalue weighted by Crippen LogP contribution is -2.22. The molecule has 0 amide bonds. The van der Waals surface area contributed by atoms with Crippen LogP contribution in [0.15, 0.2) is 42.5 Å². The molecule has 0 saturated heterocycles. The van der Waals surface area contributed by atoms with Gasteiger partial charge in [0.2, 0.25) is 0 Å². The number of carboxylic acids is 1. The normalized spacial score (nSPS) is 11.1. The van der Waals surface area contributed by atoms with Gasteiger partial charge in [-0.3, -0.25) is 4.90 Å². The van der Waals surface area contributed by atoms with E-state index < -0.39 is 5.97 Å². The van der Waals surface area contributed by atoms with E-state index in [0.717, 1.165) is 13.1 Å². The van der Waals surface area contributed by atoms with Gasteiger partial charge < -0.3 is 5.11 Å². The van der Waals surface area contributed by atoms with Gasteiger partial charge in [0.05, 0.1) is 0 Å². The fourth-order valence-corrected chi connectivity index (χ4v) is 1.45. The van der Waals surface area contributed by atoms with Crippen molar-refractivity contribution in [1.29, 1.82) is 0 Å². The van der Waals surface area contributed by atoms with Crippen molar-refractivity contribution in [3.05, 3.63) is 48.0 Å². The molecule has 0 heterocycles. The summed E-state index contributed by atoms with van der Waals surface area (Å²) >= 11 is 0. The molecule has 0 bridgehead atoms. The average molecular weight is 219 g/mol. The number of hydrogen-bond acceptors (Lipinski definition) is 2. The Bertz CT molecular complexity index is 346. The maximum atomic E-state index is 10.3. The van der Waals surface area contributed by atoms with Crippen LogP contribution < -0.4 is 0 Å². The summed E-state index contributed by atoms with van der Waals surface area (Å²) in [4.78, 5) is 12.5. The summed E-state index contributed by atoms with van der Waals surface area (Å²) in [7, 11) is 0. The average Bonchev–Trinajstić information content (AvgIpc) is 2.28. The number of nitrogens with zero attached hydrogens (tertiary/aromatic N) is 1. The summed E-state index contributed by atoms with van der Waals surface area (Å²) in [6.45, 7) is 4.48. The van der Waals surface area contributed by atoms with E-state index in [2.05, 4.69) is 24.0 Å². The standard InChI is InChI=1S/C13H17NO2/c1-2-14(10-6-9-13(15)16)11-12-7-4-3-5-8-12/h3-9H,2,10-11H2,1H3,(H,15,16). The van der Waals surface area contributed by atoms with E-state index in [0.29, 0.717) is 6.54 Å². The van der Waals surface area contributed by atoms with E-state index in [9.17, 15) is 4.79 Å². The molecule has 0 fully saturated rings. The molecule has 0 aliphatic carbocycles. The number of rotatable bonds is 6. The SMILES string of the molecule is CCN(CC=CC(=O)O)Cc1ccccc1. The van der Waals surface area contributed by atoms with Crippen LogP contribution in [0.2, 0.25) is 0 Å². The quantitative estimate of drug-likeness (QED) is 0.745. The minimum absolute atomic E-state index is 0.664. The van der Waals surface area contributed by atoms with Crippen molar-refractivity contribution in [2.24, 2.45) is 0 Å². The van der Waals surface area contributed by atoms with Crippen LogP contribution in [0.1, 0.15) is 12.5 Å². The van der Waals surface area contributed by atoms with Crippen LogP contribution in [0.25, 0.3) is 0 Å². The van der Waals surface area contributed by atoms with E-state index >= 15 is 0 Å². The number of carbonyl (C=O) groups is 1. The first kappa shape index (κ1) is 12.5. The van der Waals surface area contributed by atoms with E-state index in [1.807, 2.05) is 18.2 Å².